The minimum Gasteiger partial charge on any atom is -0.327 e. The van der Waals surface area contributed by atoms with E-state index in [2.05, 4.69) is 6.58 Å². The summed E-state index contributed by atoms with van der Waals surface area (Å²) in [4.78, 5) is 0. The SMILES string of the molecule is C=CCCCC(N)Cc1cccc(F)c1F. The molecule has 0 fully saturated rings. The highest BCUT2D eigenvalue weighted by molar-refractivity contribution is 5.19. The number of hydrogen-bond acceptors (Lipinski definition) is 1. The molecule has 0 aliphatic rings. The van der Waals surface area contributed by atoms with Crippen LogP contribution in [0.4, 0.5) is 8.78 Å². The minimum absolute atomic E-state index is 0.128. The number of rotatable bonds is 6. The minimum atomic E-state index is -0.809. The van der Waals surface area contributed by atoms with Gasteiger partial charge in [0.1, 0.15) is 0 Å². The zero-order chi connectivity index (χ0) is 12.0. The summed E-state index contributed by atoms with van der Waals surface area (Å²) in [6.45, 7) is 3.62. The number of benzene rings is 1. The van der Waals surface area contributed by atoms with Gasteiger partial charge in [-0.1, -0.05) is 18.2 Å². The van der Waals surface area contributed by atoms with Gasteiger partial charge in [-0.05, 0) is 37.3 Å². The van der Waals surface area contributed by atoms with Gasteiger partial charge in [0.05, 0.1) is 0 Å². The molecule has 1 rings (SSSR count). The summed E-state index contributed by atoms with van der Waals surface area (Å²) in [6, 6.07) is 4.06. The van der Waals surface area contributed by atoms with E-state index >= 15 is 0 Å². The van der Waals surface area contributed by atoms with Crippen molar-refractivity contribution in [3.8, 4) is 0 Å². The third kappa shape index (κ3) is 3.74. The predicted octanol–water partition coefficient (Wildman–Crippen LogP) is 3.19. The molecule has 1 atom stereocenters. The molecule has 0 amide bonds. The fraction of sp³-hybridized carbons (Fsp3) is 0.385. The first-order valence-electron chi connectivity index (χ1n) is 5.44. The topological polar surface area (TPSA) is 26.0 Å². The van der Waals surface area contributed by atoms with E-state index in [9.17, 15) is 8.78 Å². The zero-order valence-electron chi connectivity index (χ0n) is 9.26. The molecular formula is C13H17F2N. The molecule has 0 heterocycles. The van der Waals surface area contributed by atoms with Crippen LogP contribution in [-0.2, 0) is 6.42 Å². The molecule has 0 saturated carbocycles. The maximum atomic E-state index is 13.3. The van der Waals surface area contributed by atoms with Gasteiger partial charge >= 0.3 is 0 Å². The predicted molar refractivity (Wildman–Crippen MR) is 62.1 cm³/mol. The van der Waals surface area contributed by atoms with Crippen LogP contribution >= 0.6 is 0 Å². The maximum Gasteiger partial charge on any atom is 0.162 e. The van der Waals surface area contributed by atoms with Crippen LogP contribution in [0, 0.1) is 11.6 Å². The maximum absolute atomic E-state index is 13.3. The zero-order valence-corrected chi connectivity index (χ0v) is 9.26. The molecule has 0 aliphatic heterocycles. The summed E-state index contributed by atoms with van der Waals surface area (Å²) in [5.41, 5.74) is 6.19. The van der Waals surface area contributed by atoms with E-state index in [0.717, 1.165) is 25.3 Å². The molecule has 1 unspecified atom stereocenters. The van der Waals surface area contributed by atoms with Crippen molar-refractivity contribution in [3.63, 3.8) is 0 Å². The second-order valence-corrected chi connectivity index (χ2v) is 3.90. The summed E-state index contributed by atoms with van der Waals surface area (Å²) in [7, 11) is 0. The van der Waals surface area contributed by atoms with Crippen LogP contribution in [0.15, 0.2) is 30.9 Å². The van der Waals surface area contributed by atoms with Gasteiger partial charge in [-0.3, -0.25) is 0 Å². The Bertz CT molecular complexity index is 350. The molecule has 0 spiro atoms. The molecule has 0 bridgehead atoms. The van der Waals surface area contributed by atoms with E-state index in [1.54, 1.807) is 6.07 Å². The fourth-order valence-electron chi connectivity index (χ4n) is 1.62. The molecule has 1 nitrogen and oxygen atoms in total. The second-order valence-electron chi connectivity index (χ2n) is 3.90. The van der Waals surface area contributed by atoms with Crippen LogP contribution in [0.1, 0.15) is 24.8 Å². The first-order valence-corrected chi connectivity index (χ1v) is 5.44. The molecule has 0 saturated heterocycles. The quantitative estimate of drug-likeness (QED) is 0.584. The van der Waals surface area contributed by atoms with Crippen molar-refractivity contribution in [2.24, 2.45) is 5.73 Å². The van der Waals surface area contributed by atoms with E-state index < -0.39 is 11.6 Å². The lowest BCUT2D eigenvalue weighted by molar-refractivity contribution is 0.488. The first-order chi connectivity index (χ1) is 7.65. The van der Waals surface area contributed by atoms with Gasteiger partial charge in [-0.2, -0.15) is 0 Å². The molecule has 0 aliphatic carbocycles. The summed E-state index contributed by atoms with van der Waals surface area (Å²) < 4.78 is 26.2. The molecule has 16 heavy (non-hydrogen) atoms. The molecule has 2 N–H and O–H groups in total. The first kappa shape index (κ1) is 12.8. The van der Waals surface area contributed by atoms with Crippen LogP contribution in [0.3, 0.4) is 0 Å². The Hall–Kier alpha value is -1.22. The second kappa shape index (κ2) is 6.38. The Morgan fingerprint density at radius 1 is 1.38 bits per heavy atom. The lowest BCUT2D eigenvalue weighted by Gasteiger charge is -2.11. The van der Waals surface area contributed by atoms with E-state index in [4.69, 9.17) is 5.73 Å². The average Bonchev–Trinajstić information content (AvgIpc) is 2.25. The average molecular weight is 225 g/mol. The lowest BCUT2D eigenvalue weighted by Crippen LogP contribution is -2.23. The number of unbranched alkanes of at least 4 members (excludes halogenated alkanes) is 1. The van der Waals surface area contributed by atoms with Crippen molar-refractivity contribution in [2.45, 2.75) is 31.7 Å². The van der Waals surface area contributed by atoms with Crippen molar-refractivity contribution >= 4 is 0 Å². The van der Waals surface area contributed by atoms with Gasteiger partial charge in [0, 0.05) is 6.04 Å². The van der Waals surface area contributed by atoms with Crippen LogP contribution in [-0.4, -0.2) is 6.04 Å². The fourth-order valence-corrected chi connectivity index (χ4v) is 1.62. The highest BCUT2D eigenvalue weighted by atomic mass is 19.2. The summed E-state index contributed by atoms with van der Waals surface area (Å²) in [5.74, 6) is -1.59. The van der Waals surface area contributed by atoms with E-state index in [-0.39, 0.29) is 6.04 Å². The summed E-state index contributed by atoms with van der Waals surface area (Å²) in [5, 5.41) is 0. The van der Waals surface area contributed by atoms with Crippen molar-refractivity contribution in [1.82, 2.24) is 0 Å². The number of halogens is 2. The van der Waals surface area contributed by atoms with Gasteiger partial charge in [-0.15, -0.1) is 6.58 Å². The Morgan fingerprint density at radius 2 is 2.12 bits per heavy atom. The lowest BCUT2D eigenvalue weighted by atomic mass is 10.0. The van der Waals surface area contributed by atoms with Crippen LogP contribution in [0.5, 0.6) is 0 Å². The van der Waals surface area contributed by atoms with Gasteiger partial charge < -0.3 is 5.73 Å². The van der Waals surface area contributed by atoms with E-state index in [0.29, 0.717) is 12.0 Å². The highest BCUT2D eigenvalue weighted by Crippen LogP contribution is 2.14. The van der Waals surface area contributed by atoms with Gasteiger partial charge in [0.15, 0.2) is 11.6 Å². The van der Waals surface area contributed by atoms with E-state index in [1.165, 1.54) is 6.07 Å². The molecule has 0 radical (unpaired) electrons. The molecule has 88 valence electrons. The Kier molecular flexibility index (Phi) is 5.12. The van der Waals surface area contributed by atoms with Crippen molar-refractivity contribution in [3.05, 3.63) is 48.1 Å². The van der Waals surface area contributed by atoms with Gasteiger partial charge in [-0.25, -0.2) is 8.78 Å². The highest BCUT2D eigenvalue weighted by Gasteiger charge is 2.10. The Labute approximate surface area is 95.0 Å². The molecular weight excluding hydrogens is 208 g/mol. The smallest absolute Gasteiger partial charge is 0.162 e. The van der Waals surface area contributed by atoms with Crippen molar-refractivity contribution in [2.75, 3.05) is 0 Å². The van der Waals surface area contributed by atoms with Gasteiger partial charge in [0.2, 0.25) is 0 Å². The normalized spacial score (nSPS) is 12.4. The van der Waals surface area contributed by atoms with Crippen molar-refractivity contribution < 1.29 is 8.78 Å². The van der Waals surface area contributed by atoms with Gasteiger partial charge in [0.25, 0.3) is 0 Å². The van der Waals surface area contributed by atoms with Crippen LogP contribution in [0.2, 0.25) is 0 Å². The monoisotopic (exact) mass is 225 g/mol. The standard InChI is InChI=1S/C13H17F2N/c1-2-3-4-7-11(16)9-10-6-5-8-12(14)13(10)15/h2,5-6,8,11H,1,3-4,7,9,16H2. The van der Waals surface area contributed by atoms with Crippen LogP contribution in [0.25, 0.3) is 0 Å². The molecule has 3 heteroatoms. The van der Waals surface area contributed by atoms with E-state index in [1.807, 2.05) is 6.08 Å². The van der Waals surface area contributed by atoms with Crippen molar-refractivity contribution in [1.29, 1.82) is 0 Å². The molecule has 0 aromatic heterocycles. The number of allylic oxidation sites excluding steroid dienone is 1. The number of nitrogens with two attached hydrogens (primary N) is 1. The Morgan fingerprint density at radius 3 is 2.81 bits per heavy atom. The molecule has 1 aromatic carbocycles. The Balaban J connectivity index is 2.52. The summed E-state index contributed by atoms with van der Waals surface area (Å²) >= 11 is 0. The summed E-state index contributed by atoms with van der Waals surface area (Å²) in [6.07, 6.45) is 4.83. The number of hydrogen-bond donors (Lipinski definition) is 1. The third-order valence-corrected chi connectivity index (χ3v) is 2.50. The van der Waals surface area contributed by atoms with Crippen LogP contribution < -0.4 is 5.73 Å². The largest absolute Gasteiger partial charge is 0.327 e. The molecule has 1 aromatic rings. The third-order valence-electron chi connectivity index (χ3n) is 2.50.